The summed E-state index contributed by atoms with van der Waals surface area (Å²) in [6, 6.07) is 2.32. The smallest absolute Gasteiger partial charge is 0.0704 e. The Morgan fingerprint density at radius 3 is 3.33 bits per heavy atom. The summed E-state index contributed by atoms with van der Waals surface area (Å²) < 4.78 is 1.30. The predicted octanol–water partition coefficient (Wildman–Crippen LogP) is 2.37. The monoisotopic (exact) mass is 243 g/mol. The van der Waals surface area contributed by atoms with E-state index in [4.69, 9.17) is 0 Å². The molecule has 2 heterocycles. The molecule has 1 aliphatic carbocycles. The van der Waals surface area contributed by atoms with Crippen molar-refractivity contribution in [3.8, 4) is 0 Å². The van der Waals surface area contributed by atoms with Gasteiger partial charge in [0.15, 0.2) is 0 Å². The zero-order valence-electron chi connectivity index (χ0n) is 6.64. The fourth-order valence-electron chi connectivity index (χ4n) is 2.43. The van der Waals surface area contributed by atoms with Crippen molar-refractivity contribution in [2.75, 3.05) is 13.1 Å². The van der Waals surface area contributed by atoms with Gasteiger partial charge in [-0.2, -0.15) is 0 Å². The molecule has 2 aliphatic rings. The first-order valence-electron chi connectivity index (χ1n) is 4.33. The highest BCUT2D eigenvalue weighted by atomic mass is 79.9. The van der Waals surface area contributed by atoms with Gasteiger partial charge in [-0.1, -0.05) is 0 Å². The fraction of sp³-hybridized carbons (Fsp3) is 0.556. The van der Waals surface area contributed by atoms with E-state index < -0.39 is 0 Å². The molecule has 64 valence electrons. The normalized spacial score (nSPS) is 32.1. The van der Waals surface area contributed by atoms with Crippen LogP contribution in [0.5, 0.6) is 0 Å². The predicted molar refractivity (Wildman–Crippen MR) is 54.8 cm³/mol. The number of rotatable bonds is 0. The second-order valence-electron chi connectivity index (χ2n) is 3.66. The molecule has 1 nitrogen and oxygen atoms in total. The molecule has 1 aliphatic heterocycles. The zero-order chi connectivity index (χ0) is 8.13. The van der Waals surface area contributed by atoms with Gasteiger partial charge in [-0.3, -0.25) is 0 Å². The van der Waals surface area contributed by atoms with Gasteiger partial charge in [0.25, 0.3) is 0 Å². The van der Waals surface area contributed by atoms with Gasteiger partial charge in [0.05, 0.1) is 3.79 Å². The summed E-state index contributed by atoms with van der Waals surface area (Å²) in [5, 5.41) is 3.46. The number of nitrogens with one attached hydrogen (secondary N) is 1. The van der Waals surface area contributed by atoms with E-state index in [0.29, 0.717) is 0 Å². The van der Waals surface area contributed by atoms with Crippen molar-refractivity contribution >= 4 is 27.3 Å². The van der Waals surface area contributed by atoms with Crippen LogP contribution in [0.15, 0.2) is 9.85 Å². The van der Waals surface area contributed by atoms with E-state index in [9.17, 15) is 0 Å². The molecule has 1 N–H and O–H groups in total. The van der Waals surface area contributed by atoms with Crippen molar-refractivity contribution in [3.05, 3.63) is 20.3 Å². The van der Waals surface area contributed by atoms with E-state index in [0.717, 1.165) is 11.8 Å². The lowest BCUT2D eigenvalue weighted by molar-refractivity contribution is 0.565. The highest BCUT2D eigenvalue weighted by Crippen LogP contribution is 2.45. The maximum Gasteiger partial charge on any atom is 0.0704 e. The van der Waals surface area contributed by atoms with Gasteiger partial charge < -0.3 is 5.32 Å². The quantitative estimate of drug-likeness (QED) is 0.738. The third-order valence-electron chi connectivity index (χ3n) is 3.00. The molecule has 0 amide bonds. The van der Waals surface area contributed by atoms with Crippen LogP contribution in [-0.2, 0) is 6.42 Å². The molecule has 2 unspecified atom stereocenters. The minimum Gasteiger partial charge on any atom is -0.316 e. The van der Waals surface area contributed by atoms with Crippen molar-refractivity contribution in [2.45, 2.75) is 12.3 Å². The number of hydrogen-bond donors (Lipinski definition) is 1. The minimum atomic E-state index is 0.822. The lowest BCUT2D eigenvalue weighted by Gasteiger charge is -2.06. The molecule has 1 saturated heterocycles. The first-order chi connectivity index (χ1) is 5.84. The summed E-state index contributed by atoms with van der Waals surface area (Å²) in [6.07, 6.45) is 1.31. The molecule has 3 rings (SSSR count). The average Bonchev–Trinajstić information content (AvgIpc) is 2.59. The van der Waals surface area contributed by atoms with Crippen LogP contribution in [0.1, 0.15) is 16.4 Å². The summed E-state index contributed by atoms with van der Waals surface area (Å²) in [5.41, 5.74) is 1.61. The first kappa shape index (κ1) is 7.54. The molecule has 1 aromatic heterocycles. The van der Waals surface area contributed by atoms with Crippen molar-refractivity contribution in [1.29, 1.82) is 0 Å². The molecule has 0 aromatic carbocycles. The third-order valence-corrected chi connectivity index (χ3v) is 4.67. The van der Waals surface area contributed by atoms with Crippen LogP contribution >= 0.6 is 27.3 Å². The molecule has 0 bridgehead atoms. The van der Waals surface area contributed by atoms with Crippen LogP contribution in [0.2, 0.25) is 0 Å². The summed E-state index contributed by atoms with van der Waals surface area (Å²) >= 11 is 5.48. The van der Waals surface area contributed by atoms with Gasteiger partial charge >= 0.3 is 0 Å². The van der Waals surface area contributed by atoms with E-state index in [1.54, 1.807) is 10.4 Å². The van der Waals surface area contributed by atoms with Crippen molar-refractivity contribution in [1.82, 2.24) is 5.32 Å². The van der Waals surface area contributed by atoms with Gasteiger partial charge in [-0.25, -0.2) is 0 Å². The topological polar surface area (TPSA) is 12.0 Å². The van der Waals surface area contributed by atoms with Gasteiger partial charge in [-0.05, 0) is 46.4 Å². The highest BCUT2D eigenvalue weighted by Gasteiger charge is 2.37. The van der Waals surface area contributed by atoms with Gasteiger partial charge in [0, 0.05) is 17.3 Å². The summed E-state index contributed by atoms with van der Waals surface area (Å²) in [5.74, 6) is 1.72. The largest absolute Gasteiger partial charge is 0.316 e. The molecule has 12 heavy (non-hydrogen) atoms. The highest BCUT2D eigenvalue weighted by molar-refractivity contribution is 9.11. The standard InChI is InChI=1S/C9H10BrNS/c10-9-2-6-7-4-11-3-5(7)1-8(6)12-9/h2,5,7,11H,1,3-4H2. The van der Waals surface area contributed by atoms with E-state index >= 15 is 0 Å². The number of thiophene rings is 1. The molecular weight excluding hydrogens is 234 g/mol. The maximum absolute atomic E-state index is 3.55. The Bertz CT molecular complexity index is 320. The average molecular weight is 244 g/mol. The number of hydrogen-bond acceptors (Lipinski definition) is 2. The Morgan fingerprint density at radius 1 is 1.50 bits per heavy atom. The van der Waals surface area contributed by atoms with Crippen LogP contribution in [0.3, 0.4) is 0 Å². The van der Waals surface area contributed by atoms with Crippen LogP contribution < -0.4 is 5.32 Å². The third kappa shape index (κ3) is 0.932. The molecule has 2 atom stereocenters. The zero-order valence-corrected chi connectivity index (χ0v) is 9.04. The van der Waals surface area contributed by atoms with E-state index in [1.165, 1.54) is 23.3 Å². The van der Waals surface area contributed by atoms with Crippen LogP contribution in [0, 0.1) is 5.92 Å². The maximum atomic E-state index is 3.55. The second kappa shape index (κ2) is 2.56. The lowest BCUT2D eigenvalue weighted by Crippen LogP contribution is -2.09. The molecule has 0 spiro atoms. The number of halogens is 1. The van der Waals surface area contributed by atoms with E-state index in [-0.39, 0.29) is 0 Å². The van der Waals surface area contributed by atoms with E-state index in [2.05, 4.69) is 27.3 Å². The van der Waals surface area contributed by atoms with Crippen LogP contribution in [-0.4, -0.2) is 13.1 Å². The summed E-state index contributed by atoms with van der Waals surface area (Å²) in [7, 11) is 0. The Kier molecular flexibility index (Phi) is 1.61. The van der Waals surface area contributed by atoms with Crippen LogP contribution in [0.25, 0.3) is 0 Å². The Morgan fingerprint density at radius 2 is 2.42 bits per heavy atom. The molecule has 0 radical (unpaired) electrons. The first-order valence-corrected chi connectivity index (χ1v) is 5.94. The van der Waals surface area contributed by atoms with Crippen molar-refractivity contribution < 1.29 is 0 Å². The SMILES string of the molecule is Brc1cc2c(s1)CC1CNCC21. The van der Waals surface area contributed by atoms with Crippen molar-refractivity contribution in [3.63, 3.8) is 0 Å². The Hall–Kier alpha value is 0.140. The molecule has 1 aromatic rings. The molecule has 0 saturated carbocycles. The van der Waals surface area contributed by atoms with Crippen LogP contribution in [0.4, 0.5) is 0 Å². The molecule has 1 fully saturated rings. The Labute approximate surface area is 84.3 Å². The molecular formula is C9H10BrNS. The Balaban J connectivity index is 2.06. The number of fused-ring (bicyclic) bond motifs is 3. The summed E-state index contributed by atoms with van der Waals surface area (Å²) in [6.45, 7) is 2.42. The van der Waals surface area contributed by atoms with Gasteiger partial charge in [0.1, 0.15) is 0 Å². The van der Waals surface area contributed by atoms with Crippen molar-refractivity contribution in [2.24, 2.45) is 5.92 Å². The lowest BCUT2D eigenvalue weighted by atomic mass is 9.97. The van der Waals surface area contributed by atoms with Gasteiger partial charge in [-0.15, -0.1) is 11.3 Å². The fourth-order valence-corrected chi connectivity index (χ4v) is 4.31. The molecule has 3 heteroatoms. The van der Waals surface area contributed by atoms with E-state index in [1.807, 2.05) is 11.3 Å². The van der Waals surface area contributed by atoms with Gasteiger partial charge in [0.2, 0.25) is 0 Å². The second-order valence-corrected chi connectivity index (χ2v) is 6.17. The summed E-state index contributed by atoms with van der Waals surface area (Å²) in [4.78, 5) is 1.62. The minimum absolute atomic E-state index is 0.822.